The highest BCUT2D eigenvalue weighted by atomic mass is 16.5. The third kappa shape index (κ3) is 4.38. The minimum Gasteiger partial charge on any atom is -0.481 e. The van der Waals surface area contributed by atoms with Crippen LogP contribution in [0.2, 0.25) is 0 Å². The summed E-state index contributed by atoms with van der Waals surface area (Å²) in [5, 5.41) is 8.86. The Hall–Kier alpha value is -2.82. The Labute approximate surface area is 146 Å². The molecule has 5 heteroatoms. The molecule has 0 bridgehead atoms. The zero-order chi connectivity index (χ0) is 17.6. The number of para-hydroxylation sites is 1. The van der Waals surface area contributed by atoms with Crippen LogP contribution in [0.25, 0.3) is 0 Å². The maximum absolute atomic E-state index is 12.9. The first-order valence-electron chi connectivity index (χ1n) is 8.42. The molecule has 2 aromatic rings. The van der Waals surface area contributed by atoms with Crippen LogP contribution in [0.3, 0.4) is 0 Å². The highest BCUT2D eigenvalue weighted by molar-refractivity contribution is 5.82. The van der Waals surface area contributed by atoms with Crippen molar-refractivity contribution in [1.82, 2.24) is 4.90 Å². The summed E-state index contributed by atoms with van der Waals surface area (Å²) in [4.78, 5) is 25.4. The molecule has 2 aromatic carbocycles. The molecule has 1 aliphatic heterocycles. The van der Waals surface area contributed by atoms with Gasteiger partial charge in [-0.25, -0.2) is 0 Å². The predicted molar refractivity (Wildman–Crippen MR) is 93.3 cm³/mol. The molecule has 0 aliphatic carbocycles. The molecule has 1 atom stereocenters. The van der Waals surface area contributed by atoms with E-state index in [0.29, 0.717) is 25.9 Å². The number of rotatable bonds is 7. The van der Waals surface area contributed by atoms with E-state index in [9.17, 15) is 9.59 Å². The number of carboxylic acids is 1. The Kier molecular flexibility index (Phi) is 5.33. The van der Waals surface area contributed by atoms with Crippen LogP contribution in [0.5, 0.6) is 5.75 Å². The van der Waals surface area contributed by atoms with Crippen LogP contribution in [0.1, 0.15) is 24.0 Å². The van der Waals surface area contributed by atoms with Crippen LogP contribution in [0, 0.1) is 0 Å². The lowest BCUT2D eigenvalue weighted by Gasteiger charge is -2.25. The van der Waals surface area contributed by atoms with Crippen LogP contribution >= 0.6 is 0 Å². The van der Waals surface area contributed by atoms with E-state index in [2.05, 4.69) is 0 Å². The SMILES string of the molecule is O=C(O)CCCN(Cc1ccccc1)C(=O)C1Cc2ccccc2O1. The Morgan fingerprint density at radius 3 is 2.52 bits per heavy atom. The van der Waals surface area contributed by atoms with E-state index in [-0.39, 0.29) is 12.3 Å². The summed E-state index contributed by atoms with van der Waals surface area (Å²) in [6.07, 6.45) is 0.489. The lowest BCUT2D eigenvalue weighted by atomic mass is 10.1. The first-order valence-corrected chi connectivity index (χ1v) is 8.42. The van der Waals surface area contributed by atoms with E-state index < -0.39 is 12.1 Å². The predicted octanol–water partition coefficient (Wildman–Crippen LogP) is 2.88. The molecule has 1 N–H and O–H groups in total. The van der Waals surface area contributed by atoms with Gasteiger partial charge in [-0.2, -0.15) is 0 Å². The van der Waals surface area contributed by atoms with Gasteiger partial charge in [0.25, 0.3) is 5.91 Å². The van der Waals surface area contributed by atoms with Gasteiger partial charge in [-0.3, -0.25) is 9.59 Å². The minimum atomic E-state index is -0.850. The number of aliphatic carboxylic acids is 1. The largest absolute Gasteiger partial charge is 0.481 e. The van der Waals surface area contributed by atoms with Crippen LogP contribution in [0.4, 0.5) is 0 Å². The van der Waals surface area contributed by atoms with Crippen molar-refractivity contribution >= 4 is 11.9 Å². The van der Waals surface area contributed by atoms with Gasteiger partial charge in [0, 0.05) is 25.9 Å². The molecule has 0 aromatic heterocycles. The van der Waals surface area contributed by atoms with Crippen molar-refractivity contribution in [2.75, 3.05) is 6.54 Å². The fourth-order valence-electron chi connectivity index (χ4n) is 3.02. The van der Waals surface area contributed by atoms with Gasteiger partial charge in [0.2, 0.25) is 0 Å². The number of amides is 1. The molecule has 130 valence electrons. The number of carboxylic acid groups (broad SMARTS) is 1. The molecular weight excluding hydrogens is 318 g/mol. The second-order valence-corrected chi connectivity index (χ2v) is 6.16. The number of nitrogens with zero attached hydrogens (tertiary/aromatic N) is 1. The zero-order valence-electron chi connectivity index (χ0n) is 13.9. The van der Waals surface area contributed by atoms with Crippen molar-refractivity contribution in [2.45, 2.75) is 31.9 Å². The molecule has 0 radical (unpaired) electrons. The van der Waals surface area contributed by atoms with Crippen molar-refractivity contribution < 1.29 is 19.4 Å². The second kappa shape index (κ2) is 7.83. The van der Waals surface area contributed by atoms with Crippen molar-refractivity contribution in [3.8, 4) is 5.75 Å². The number of carbonyl (C=O) groups is 2. The monoisotopic (exact) mass is 339 g/mol. The van der Waals surface area contributed by atoms with Crippen LogP contribution in [0.15, 0.2) is 54.6 Å². The molecule has 0 saturated carbocycles. The molecule has 5 nitrogen and oxygen atoms in total. The van der Waals surface area contributed by atoms with E-state index in [4.69, 9.17) is 9.84 Å². The molecule has 1 aliphatic rings. The molecule has 25 heavy (non-hydrogen) atoms. The van der Waals surface area contributed by atoms with Crippen molar-refractivity contribution in [3.63, 3.8) is 0 Å². The lowest BCUT2D eigenvalue weighted by Crippen LogP contribution is -2.41. The summed E-state index contributed by atoms with van der Waals surface area (Å²) in [6.45, 7) is 0.853. The van der Waals surface area contributed by atoms with Gasteiger partial charge in [0.1, 0.15) is 5.75 Å². The first-order chi connectivity index (χ1) is 12.1. The Morgan fingerprint density at radius 2 is 1.80 bits per heavy atom. The molecule has 0 fully saturated rings. The highest BCUT2D eigenvalue weighted by Gasteiger charge is 2.32. The maximum atomic E-state index is 12.9. The number of hydrogen-bond donors (Lipinski definition) is 1. The van der Waals surface area contributed by atoms with E-state index in [1.807, 2.05) is 54.6 Å². The number of ether oxygens (including phenoxy) is 1. The summed E-state index contributed by atoms with van der Waals surface area (Å²) >= 11 is 0. The van der Waals surface area contributed by atoms with Crippen molar-refractivity contribution in [3.05, 3.63) is 65.7 Å². The van der Waals surface area contributed by atoms with E-state index >= 15 is 0 Å². The minimum absolute atomic E-state index is 0.0460. The molecule has 3 rings (SSSR count). The second-order valence-electron chi connectivity index (χ2n) is 6.16. The molecule has 0 spiro atoms. The van der Waals surface area contributed by atoms with Crippen molar-refractivity contribution in [2.24, 2.45) is 0 Å². The van der Waals surface area contributed by atoms with Crippen LogP contribution in [-0.4, -0.2) is 34.5 Å². The normalized spacial score (nSPS) is 15.3. The Bertz CT molecular complexity index is 719. The summed E-state index contributed by atoms with van der Waals surface area (Å²) in [6, 6.07) is 17.4. The molecule has 1 amide bonds. The number of carbonyl (C=O) groups excluding carboxylic acids is 1. The van der Waals surface area contributed by atoms with Gasteiger partial charge in [-0.15, -0.1) is 0 Å². The van der Waals surface area contributed by atoms with E-state index in [0.717, 1.165) is 16.9 Å². The van der Waals surface area contributed by atoms with E-state index in [1.165, 1.54) is 0 Å². The summed E-state index contributed by atoms with van der Waals surface area (Å²) in [5.41, 5.74) is 2.05. The van der Waals surface area contributed by atoms with E-state index in [1.54, 1.807) is 4.90 Å². The Balaban J connectivity index is 1.69. The summed E-state index contributed by atoms with van der Waals surface area (Å²) in [7, 11) is 0. The first kappa shape index (κ1) is 17.0. The highest BCUT2D eigenvalue weighted by Crippen LogP contribution is 2.29. The molecule has 0 saturated heterocycles. The summed E-state index contributed by atoms with van der Waals surface area (Å²) in [5.74, 6) is -0.187. The standard InChI is InChI=1S/C20H21NO4/c22-19(23)11-6-12-21(14-15-7-2-1-3-8-15)20(24)18-13-16-9-4-5-10-17(16)25-18/h1-5,7-10,18H,6,11-14H2,(H,22,23). The third-order valence-electron chi connectivity index (χ3n) is 4.27. The molecule has 1 unspecified atom stereocenters. The van der Waals surface area contributed by atoms with Crippen LogP contribution in [-0.2, 0) is 22.6 Å². The smallest absolute Gasteiger partial charge is 0.303 e. The van der Waals surface area contributed by atoms with Gasteiger partial charge in [-0.1, -0.05) is 48.5 Å². The summed E-state index contributed by atoms with van der Waals surface area (Å²) < 4.78 is 5.81. The quantitative estimate of drug-likeness (QED) is 0.842. The van der Waals surface area contributed by atoms with Gasteiger partial charge in [0.15, 0.2) is 6.10 Å². The number of fused-ring (bicyclic) bond motifs is 1. The van der Waals surface area contributed by atoms with Gasteiger partial charge in [0.05, 0.1) is 0 Å². The number of benzene rings is 2. The fraction of sp³-hybridized carbons (Fsp3) is 0.300. The fourth-order valence-corrected chi connectivity index (χ4v) is 3.02. The van der Waals surface area contributed by atoms with Crippen molar-refractivity contribution in [1.29, 1.82) is 0 Å². The third-order valence-corrected chi connectivity index (χ3v) is 4.27. The van der Waals surface area contributed by atoms with Gasteiger partial charge < -0.3 is 14.7 Å². The average molecular weight is 339 g/mol. The lowest BCUT2D eigenvalue weighted by molar-refractivity contribution is -0.140. The molecular formula is C20H21NO4. The number of hydrogen-bond acceptors (Lipinski definition) is 3. The molecule has 1 heterocycles. The van der Waals surface area contributed by atoms with Gasteiger partial charge in [-0.05, 0) is 23.6 Å². The van der Waals surface area contributed by atoms with Crippen LogP contribution < -0.4 is 4.74 Å². The average Bonchev–Trinajstić information content (AvgIpc) is 3.05. The Morgan fingerprint density at radius 1 is 1.08 bits per heavy atom. The van der Waals surface area contributed by atoms with Gasteiger partial charge >= 0.3 is 5.97 Å². The maximum Gasteiger partial charge on any atom is 0.303 e. The topological polar surface area (TPSA) is 66.8 Å². The zero-order valence-corrected chi connectivity index (χ0v) is 13.9.